The molecule has 6 heteroatoms. The minimum absolute atomic E-state index is 0.0574. The van der Waals surface area contributed by atoms with Crippen molar-refractivity contribution < 1.29 is 10.2 Å². The zero-order chi connectivity index (χ0) is 12.3. The van der Waals surface area contributed by atoms with E-state index in [1.165, 1.54) is 4.57 Å². The lowest BCUT2D eigenvalue weighted by molar-refractivity contribution is 0.0795. The largest absolute Gasteiger partial charge is 0.394 e. The van der Waals surface area contributed by atoms with E-state index in [9.17, 15) is 9.90 Å². The highest BCUT2D eigenvalue weighted by molar-refractivity contribution is 5.36. The molecule has 1 heterocycles. The van der Waals surface area contributed by atoms with Gasteiger partial charge in [-0.2, -0.15) is 4.98 Å². The molecule has 0 bridgehead atoms. The summed E-state index contributed by atoms with van der Waals surface area (Å²) in [4.78, 5) is 17.2. The van der Waals surface area contributed by atoms with Gasteiger partial charge in [-0.05, 0) is 6.92 Å². The second kappa shape index (κ2) is 5.09. The van der Waals surface area contributed by atoms with Gasteiger partial charge < -0.3 is 15.1 Å². The molecule has 0 aliphatic carbocycles. The molecule has 90 valence electrons. The summed E-state index contributed by atoms with van der Waals surface area (Å²) in [6.45, 7) is 1.45. The fourth-order valence-electron chi connectivity index (χ4n) is 1.33. The van der Waals surface area contributed by atoms with E-state index >= 15 is 0 Å². The fourth-order valence-corrected chi connectivity index (χ4v) is 1.33. The molecule has 0 amide bonds. The zero-order valence-corrected chi connectivity index (χ0v) is 9.71. The molecular weight excluding hydrogens is 210 g/mol. The third kappa shape index (κ3) is 2.80. The highest BCUT2D eigenvalue weighted by atomic mass is 16.3. The van der Waals surface area contributed by atoms with Gasteiger partial charge in [0.1, 0.15) is 5.82 Å². The van der Waals surface area contributed by atoms with Gasteiger partial charge in [-0.15, -0.1) is 0 Å². The third-order valence-corrected chi connectivity index (χ3v) is 2.27. The molecule has 0 saturated heterocycles. The molecule has 1 aromatic heterocycles. The first-order valence-electron chi connectivity index (χ1n) is 5.00. The quantitative estimate of drug-likeness (QED) is 0.687. The molecule has 1 atom stereocenters. The number of hydrogen-bond donors (Lipinski definition) is 2. The monoisotopic (exact) mass is 227 g/mol. The highest BCUT2D eigenvalue weighted by Crippen LogP contribution is 2.06. The number of aliphatic hydroxyl groups excluding tert-OH is 2. The van der Waals surface area contributed by atoms with Crippen LogP contribution in [-0.4, -0.2) is 46.6 Å². The second-order valence-electron chi connectivity index (χ2n) is 3.88. The number of aromatic nitrogens is 2. The Bertz CT molecular complexity index is 414. The first kappa shape index (κ1) is 12.7. The van der Waals surface area contributed by atoms with Crippen molar-refractivity contribution in [3.8, 4) is 0 Å². The third-order valence-electron chi connectivity index (χ3n) is 2.27. The number of aryl methyl sites for hydroxylation is 1. The Morgan fingerprint density at radius 2 is 2.19 bits per heavy atom. The maximum Gasteiger partial charge on any atom is 0.349 e. The van der Waals surface area contributed by atoms with E-state index in [-0.39, 0.29) is 13.2 Å². The van der Waals surface area contributed by atoms with Gasteiger partial charge in [0.15, 0.2) is 0 Å². The summed E-state index contributed by atoms with van der Waals surface area (Å²) < 4.78 is 1.34. The first-order chi connectivity index (χ1) is 7.45. The van der Waals surface area contributed by atoms with Crippen LogP contribution in [0.15, 0.2) is 10.9 Å². The standard InChI is InChI=1S/C10H17N3O3/c1-7-4-9(12(2)3)11-10(16)13(7)5-8(15)6-14/h4,8,14-15H,5-6H2,1-3H3. The number of rotatable bonds is 4. The Kier molecular flexibility index (Phi) is 4.03. The van der Waals surface area contributed by atoms with Gasteiger partial charge in [0.05, 0.1) is 19.3 Å². The summed E-state index contributed by atoms with van der Waals surface area (Å²) in [6, 6.07) is 1.76. The van der Waals surface area contributed by atoms with E-state index in [1.54, 1.807) is 32.0 Å². The Balaban J connectivity index is 3.08. The number of nitrogens with zero attached hydrogens (tertiary/aromatic N) is 3. The molecule has 0 radical (unpaired) electrons. The van der Waals surface area contributed by atoms with Crippen LogP contribution >= 0.6 is 0 Å². The van der Waals surface area contributed by atoms with Crippen molar-refractivity contribution in [2.45, 2.75) is 19.6 Å². The Morgan fingerprint density at radius 1 is 1.56 bits per heavy atom. The molecule has 0 spiro atoms. The van der Waals surface area contributed by atoms with Crippen molar-refractivity contribution in [1.82, 2.24) is 9.55 Å². The van der Waals surface area contributed by atoms with Crippen LogP contribution in [0.4, 0.5) is 5.82 Å². The predicted molar refractivity (Wildman–Crippen MR) is 60.7 cm³/mol. The first-order valence-corrected chi connectivity index (χ1v) is 5.00. The summed E-state index contributed by atoms with van der Waals surface area (Å²) in [5, 5.41) is 18.0. The van der Waals surface area contributed by atoms with Gasteiger partial charge in [0, 0.05) is 25.9 Å². The van der Waals surface area contributed by atoms with E-state index in [0.29, 0.717) is 11.5 Å². The highest BCUT2D eigenvalue weighted by Gasteiger charge is 2.10. The Morgan fingerprint density at radius 3 is 2.62 bits per heavy atom. The maximum atomic E-state index is 11.6. The summed E-state index contributed by atoms with van der Waals surface area (Å²) in [5.41, 5.74) is 0.285. The van der Waals surface area contributed by atoms with Gasteiger partial charge in [-0.3, -0.25) is 4.57 Å². The van der Waals surface area contributed by atoms with Crippen LogP contribution in [0.2, 0.25) is 0 Å². The Hall–Kier alpha value is -1.40. The van der Waals surface area contributed by atoms with Crippen molar-refractivity contribution in [2.24, 2.45) is 0 Å². The van der Waals surface area contributed by atoms with Crippen molar-refractivity contribution in [2.75, 3.05) is 25.6 Å². The van der Waals surface area contributed by atoms with Crippen LogP contribution in [0.3, 0.4) is 0 Å². The van der Waals surface area contributed by atoms with Gasteiger partial charge in [-0.25, -0.2) is 4.79 Å². The van der Waals surface area contributed by atoms with E-state index in [4.69, 9.17) is 5.11 Å². The maximum absolute atomic E-state index is 11.6. The van der Waals surface area contributed by atoms with Crippen molar-refractivity contribution in [3.05, 3.63) is 22.2 Å². The number of hydrogen-bond acceptors (Lipinski definition) is 5. The second-order valence-corrected chi connectivity index (χ2v) is 3.88. The molecule has 2 N–H and O–H groups in total. The molecule has 0 saturated carbocycles. The van der Waals surface area contributed by atoms with Crippen LogP contribution in [0.5, 0.6) is 0 Å². The van der Waals surface area contributed by atoms with Crippen LogP contribution in [-0.2, 0) is 6.54 Å². The van der Waals surface area contributed by atoms with E-state index in [2.05, 4.69) is 4.98 Å². The number of anilines is 1. The summed E-state index contributed by atoms with van der Waals surface area (Å²) >= 11 is 0. The van der Waals surface area contributed by atoms with Gasteiger partial charge in [0.25, 0.3) is 0 Å². The molecule has 6 nitrogen and oxygen atoms in total. The molecule has 16 heavy (non-hydrogen) atoms. The average Bonchev–Trinajstić information content (AvgIpc) is 2.22. The molecular formula is C10H17N3O3. The van der Waals surface area contributed by atoms with Crippen molar-refractivity contribution >= 4 is 5.82 Å². The minimum Gasteiger partial charge on any atom is -0.394 e. The smallest absolute Gasteiger partial charge is 0.349 e. The van der Waals surface area contributed by atoms with E-state index < -0.39 is 11.8 Å². The molecule has 0 aromatic carbocycles. The lowest BCUT2D eigenvalue weighted by Crippen LogP contribution is -2.32. The van der Waals surface area contributed by atoms with Crippen molar-refractivity contribution in [1.29, 1.82) is 0 Å². The SMILES string of the molecule is Cc1cc(N(C)C)nc(=O)n1CC(O)CO. The predicted octanol–water partition coefficient (Wildman–Crippen LogP) is -1.03. The van der Waals surface area contributed by atoms with Gasteiger partial charge in [-0.1, -0.05) is 0 Å². The summed E-state index contributed by atoms with van der Waals surface area (Å²) in [6.07, 6.45) is -0.941. The van der Waals surface area contributed by atoms with Crippen LogP contribution in [0, 0.1) is 6.92 Å². The lowest BCUT2D eigenvalue weighted by atomic mass is 10.3. The Labute approximate surface area is 93.8 Å². The van der Waals surface area contributed by atoms with Crippen LogP contribution in [0.1, 0.15) is 5.69 Å². The van der Waals surface area contributed by atoms with Gasteiger partial charge in [0.2, 0.25) is 0 Å². The fraction of sp³-hybridized carbons (Fsp3) is 0.600. The van der Waals surface area contributed by atoms with Gasteiger partial charge >= 0.3 is 5.69 Å². The van der Waals surface area contributed by atoms with Crippen molar-refractivity contribution in [3.63, 3.8) is 0 Å². The van der Waals surface area contributed by atoms with E-state index in [0.717, 1.165) is 0 Å². The normalized spacial score (nSPS) is 12.6. The molecule has 0 aliphatic heterocycles. The minimum atomic E-state index is -0.941. The summed E-state index contributed by atoms with van der Waals surface area (Å²) in [7, 11) is 3.60. The average molecular weight is 227 g/mol. The molecule has 0 aliphatic rings. The zero-order valence-electron chi connectivity index (χ0n) is 9.71. The summed E-state index contributed by atoms with van der Waals surface area (Å²) in [5.74, 6) is 0.581. The van der Waals surface area contributed by atoms with Crippen LogP contribution in [0.25, 0.3) is 0 Å². The number of aliphatic hydroxyl groups is 2. The topological polar surface area (TPSA) is 78.6 Å². The molecule has 1 rings (SSSR count). The molecule has 0 fully saturated rings. The van der Waals surface area contributed by atoms with Crippen LogP contribution < -0.4 is 10.6 Å². The molecule has 1 aromatic rings. The molecule has 1 unspecified atom stereocenters. The lowest BCUT2D eigenvalue weighted by Gasteiger charge is -2.16. The van der Waals surface area contributed by atoms with E-state index in [1.807, 2.05) is 0 Å².